The Morgan fingerprint density at radius 3 is 2.94 bits per heavy atom. The number of H-pyrrole nitrogens is 1. The molecule has 2 atom stereocenters. The van der Waals surface area contributed by atoms with E-state index < -0.39 is 0 Å². The molecule has 1 aliphatic heterocycles. The molecule has 1 fully saturated rings. The Bertz CT molecular complexity index is 418. The highest BCUT2D eigenvalue weighted by Crippen LogP contribution is 2.22. The van der Waals surface area contributed by atoms with Crippen molar-refractivity contribution in [3.63, 3.8) is 0 Å². The average molecular weight is 253 g/mol. The fourth-order valence-electron chi connectivity index (χ4n) is 2.33. The largest absolute Gasteiger partial charge is 0.383 e. The van der Waals surface area contributed by atoms with Gasteiger partial charge in [0.05, 0.1) is 24.9 Å². The van der Waals surface area contributed by atoms with Gasteiger partial charge in [-0.15, -0.1) is 0 Å². The second-order valence-corrected chi connectivity index (χ2v) is 4.54. The van der Waals surface area contributed by atoms with Crippen LogP contribution in [-0.4, -0.2) is 60.3 Å². The Hall–Kier alpha value is -1.40. The van der Waals surface area contributed by atoms with Crippen molar-refractivity contribution in [2.75, 3.05) is 27.4 Å². The number of aromatic amines is 1. The van der Waals surface area contributed by atoms with Crippen LogP contribution in [-0.2, 0) is 9.47 Å². The van der Waals surface area contributed by atoms with Crippen molar-refractivity contribution < 1.29 is 14.3 Å². The fourth-order valence-corrected chi connectivity index (χ4v) is 2.33. The van der Waals surface area contributed by atoms with Gasteiger partial charge in [-0.25, -0.2) is 4.98 Å². The van der Waals surface area contributed by atoms with Gasteiger partial charge >= 0.3 is 0 Å². The van der Waals surface area contributed by atoms with Crippen LogP contribution in [0.15, 0.2) is 6.20 Å². The van der Waals surface area contributed by atoms with E-state index in [1.54, 1.807) is 25.3 Å². The number of nitrogens with one attached hydrogen (secondary N) is 1. The van der Waals surface area contributed by atoms with E-state index in [2.05, 4.69) is 9.97 Å². The van der Waals surface area contributed by atoms with Gasteiger partial charge in [0.25, 0.3) is 5.91 Å². The van der Waals surface area contributed by atoms with E-state index in [0.29, 0.717) is 18.8 Å². The van der Waals surface area contributed by atoms with Gasteiger partial charge in [-0.3, -0.25) is 4.79 Å². The molecule has 1 saturated heterocycles. The lowest BCUT2D eigenvalue weighted by atomic mass is 10.2. The van der Waals surface area contributed by atoms with Gasteiger partial charge in [0.2, 0.25) is 0 Å². The number of likely N-dealkylation sites (tertiary alicyclic amines) is 1. The molecule has 0 aromatic carbocycles. The summed E-state index contributed by atoms with van der Waals surface area (Å²) in [5.41, 5.74) is 0.519. The number of rotatable bonds is 4. The van der Waals surface area contributed by atoms with Gasteiger partial charge in [0.1, 0.15) is 11.5 Å². The highest BCUT2D eigenvalue weighted by Gasteiger charge is 2.36. The minimum absolute atomic E-state index is 0.0443. The Morgan fingerprint density at radius 2 is 2.39 bits per heavy atom. The Morgan fingerprint density at radius 1 is 1.61 bits per heavy atom. The van der Waals surface area contributed by atoms with Crippen LogP contribution in [0.4, 0.5) is 0 Å². The monoisotopic (exact) mass is 253 g/mol. The summed E-state index contributed by atoms with van der Waals surface area (Å²) in [4.78, 5) is 21.2. The van der Waals surface area contributed by atoms with Crippen LogP contribution in [0.1, 0.15) is 22.7 Å². The minimum Gasteiger partial charge on any atom is -0.383 e. The fraction of sp³-hybridized carbons (Fsp3) is 0.667. The maximum Gasteiger partial charge on any atom is 0.272 e. The molecule has 1 amide bonds. The summed E-state index contributed by atoms with van der Waals surface area (Å²) in [5, 5.41) is 0. The van der Waals surface area contributed by atoms with E-state index >= 15 is 0 Å². The third kappa shape index (κ3) is 2.54. The predicted octanol–water partition coefficient (Wildman–Crippen LogP) is 0.594. The van der Waals surface area contributed by atoms with Crippen molar-refractivity contribution in [3.8, 4) is 0 Å². The van der Waals surface area contributed by atoms with Crippen LogP contribution in [0.5, 0.6) is 0 Å². The van der Waals surface area contributed by atoms with Crippen molar-refractivity contribution in [2.24, 2.45) is 0 Å². The first-order valence-electron chi connectivity index (χ1n) is 6.00. The third-order valence-electron chi connectivity index (χ3n) is 3.26. The molecule has 0 aliphatic carbocycles. The Balaban J connectivity index is 2.12. The summed E-state index contributed by atoms with van der Waals surface area (Å²) in [5.74, 6) is 0.696. The maximum atomic E-state index is 12.4. The van der Waals surface area contributed by atoms with Crippen molar-refractivity contribution >= 4 is 5.91 Å². The lowest BCUT2D eigenvalue weighted by Gasteiger charge is -2.22. The standard InChI is InChI=1S/C12H19N3O3/c1-8-13-5-11(14-8)12(16)15-6-10(18-3)4-9(15)7-17-2/h5,9-10H,4,6-7H2,1-3H3,(H,13,14)/t9-,10-/m0/s1. The van der Waals surface area contributed by atoms with Crippen molar-refractivity contribution in [3.05, 3.63) is 17.7 Å². The summed E-state index contributed by atoms with van der Waals surface area (Å²) in [6.45, 7) is 2.95. The zero-order chi connectivity index (χ0) is 13.1. The smallest absolute Gasteiger partial charge is 0.272 e. The normalized spacial score (nSPS) is 23.6. The van der Waals surface area contributed by atoms with Gasteiger partial charge in [0.15, 0.2) is 0 Å². The van der Waals surface area contributed by atoms with Crippen LogP contribution in [0.3, 0.4) is 0 Å². The molecule has 0 spiro atoms. The van der Waals surface area contributed by atoms with E-state index in [0.717, 1.165) is 12.2 Å². The summed E-state index contributed by atoms with van der Waals surface area (Å²) >= 11 is 0. The lowest BCUT2D eigenvalue weighted by Crippen LogP contribution is -2.38. The molecule has 1 aromatic rings. The summed E-state index contributed by atoms with van der Waals surface area (Å²) in [6, 6.07) is 0.0658. The van der Waals surface area contributed by atoms with Gasteiger partial charge in [-0.2, -0.15) is 0 Å². The molecule has 6 heteroatoms. The SMILES string of the molecule is COC[C@@H]1C[C@H](OC)CN1C(=O)c1cnc(C)[nH]1. The van der Waals surface area contributed by atoms with E-state index in [1.807, 2.05) is 6.92 Å². The van der Waals surface area contributed by atoms with Crippen molar-refractivity contribution in [1.82, 2.24) is 14.9 Å². The topological polar surface area (TPSA) is 67.5 Å². The van der Waals surface area contributed by atoms with Crippen LogP contribution in [0.2, 0.25) is 0 Å². The molecule has 0 radical (unpaired) electrons. The summed E-state index contributed by atoms with van der Waals surface area (Å²) in [6.07, 6.45) is 2.46. The molecular weight excluding hydrogens is 234 g/mol. The molecule has 1 aromatic heterocycles. The maximum absolute atomic E-state index is 12.4. The number of carbonyl (C=O) groups excluding carboxylic acids is 1. The molecule has 2 heterocycles. The minimum atomic E-state index is -0.0443. The number of aryl methyl sites for hydroxylation is 1. The van der Waals surface area contributed by atoms with E-state index in [4.69, 9.17) is 9.47 Å². The zero-order valence-electron chi connectivity index (χ0n) is 11.0. The molecule has 0 unspecified atom stereocenters. The number of methoxy groups -OCH3 is 2. The molecule has 1 N–H and O–H groups in total. The third-order valence-corrected chi connectivity index (χ3v) is 3.26. The second kappa shape index (κ2) is 5.49. The Kier molecular flexibility index (Phi) is 3.98. The molecule has 0 saturated carbocycles. The summed E-state index contributed by atoms with van der Waals surface area (Å²) in [7, 11) is 3.31. The quantitative estimate of drug-likeness (QED) is 0.853. The molecule has 0 bridgehead atoms. The number of imidazole rings is 1. The van der Waals surface area contributed by atoms with Gasteiger partial charge in [0, 0.05) is 20.8 Å². The first-order chi connectivity index (χ1) is 8.65. The number of hydrogen-bond acceptors (Lipinski definition) is 4. The number of hydrogen-bond donors (Lipinski definition) is 1. The predicted molar refractivity (Wildman–Crippen MR) is 65.4 cm³/mol. The van der Waals surface area contributed by atoms with E-state index in [9.17, 15) is 4.79 Å². The summed E-state index contributed by atoms with van der Waals surface area (Å²) < 4.78 is 10.5. The van der Waals surface area contributed by atoms with Crippen LogP contribution in [0.25, 0.3) is 0 Å². The number of amides is 1. The second-order valence-electron chi connectivity index (χ2n) is 4.54. The van der Waals surface area contributed by atoms with E-state index in [-0.39, 0.29) is 18.1 Å². The highest BCUT2D eigenvalue weighted by atomic mass is 16.5. The molecule has 100 valence electrons. The number of nitrogens with zero attached hydrogens (tertiary/aromatic N) is 2. The average Bonchev–Trinajstić information content (AvgIpc) is 2.95. The van der Waals surface area contributed by atoms with Crippen LogP contribution >= 0.6 is 0 Å². The first-order valence-corrected chi connectivity index (χ1v) is 6.00. The molecule has 18 heavy (non-hydrogen) atoms. The van der Waals surface area contributed by atoms with Crippen molar-refractivity contribution in [2.45, 2.75) is 25.5 Å². The molecule has 6 nitrogen and oxygen atoms in total. The zero-order valence-corrected chi connectivity index (χ0v) is 11.0. The number of carbonyl (C=O) groups is 1. The number of ether oxygens (including phenoxy) is 2. The van der Waals surface area contributed by atoms with Gasteiger partial charge in [-0.05, 0) is 13.3 Å². The Labute approximate surface area is 106 Å². The molecule has 2 rings (SSSR count). The van der Waals surface area contributed by atoms with Crippen molar-refractivity contribution in [1.29, 1.82) is 0 Å². The van der Waals surface area contributed by atoms with Crippen LogP contribution in [0, 0.1) is 6.92 Å². The number of aromatic nitrogens is 2. The highest BCUT2D eigenvalue weighted by molar-refractivity contribution is 5.92. The van der Waals surface area contributed by atoms with Crippen LogP contribution < -0.4 is 0 Å². The molecular formula is C12H19N3O3. The van der Waals surface area contributed by atoms with Gasteiger partial charge < -0.3 is 19.4 Å². The van der Waals surface area contributed by atoms with E-state index in [1.165, 1.54) is 0 Å². The van der Waals surface area contributed by atoms with Gasteiger partial charge in [-0.1, -0.05) is 0 Å². The molecule has 1 aliphatic rings. The lowest BCUT2D eigenvalue weighted by molar-refractivity contribution is 0.0607. The first kappa shape index (κ1) is 13.0.